The molecular formula is C13H20ClNO3S. The highest BCUT2D eigenvalue weighted by Gasteiger charge is 2.08. The summed E-state index contributed by atoms with van der Waals surface area (Å²) < 4.78 is 27.3. The van der Waals surface area contributed by atoms with Crippen molar-refractivity contribution in [2.24, 2.45) is 5.73 Å². The van der Waals surface area contributed by atoms with Crippen molar-refractivity contribution in [1.29, 1.82) is 0 Å². The Labute approximate surface area is 119 Å². The number of hydrogen-bond donors (Lipinski definition) is 1. The van der Waals surface area contributed by atoms with E-state index >= 15 is 0 Å². The van der Waals surface area contributed by atoms with E-state index in [9.17, 15) is 8.42 Å². The fraction of sp³-hybridized carbons (Fsp3) is 0.538. The number of ether oxygens (including phenoxy) is 1. The van der Waals surface area contributed by atoms with E-state index in [1.165, 1.54) is 6.26 Å². The zero-order valence-electron chi connectivity index (χ0n) is 11.2. The van der Waals surface area contributed by atoms with E-state index in [1.54, 1.807) is 6.07 Å². The first kappa shape index (κ1) is 16.3. The minimum absolute atomic E-state index is 0.0220. The summed E-state index contributed by atoms with van der Waals surface area (Å²) in [6.45, 7) is 2.14. The molecule has 1 aromatic carbocycles. The van der Waals surface area contributed by atoms with Gasteiger partial charge in [0, 0.05) is 12.3 Å². The Balaban J connectivity index is 2.62. The summed E-state index contributed by atoms with van der Waals surface area (Å²) in [7, 11) is -3.02. The normalized spacial score (nSPS) is 13.3. The molecule has 2 N–H and O–H groups in total. The molecule has 0 bridgehead atoms. The third-order valence-electron chi connectivity index (χ3n) is 2.73. The Morgan fingerprint density at radius 2 is 2.11 bits per heavy atom. The van der Waals surface area contributed by atoms with Crippen LogP contribution in [-0.2, 0) is 16.3 Å². The smallest absolute Gasteiger partial charge is 0.150 e. The summed E-state index contributed by atoms with van der Waals surface area (Å²) in [6.07, 6.45) is 2.84. The van der Waals surface area contributed by atoms with Gasteiger partial charge in [0.2, 0.25) is 0 Å². The topological polar surface area (TPSA) is 69.4 Å². The molecule has 1 atom stereocenters. The summed E-state index contributed by atoms with van der Waals surface area (Å²) in [6, 6.07) is 5.58. The molecule has 0 fully saturated rings. The molecule has 0 radical (unpaired) electrons. The maximum Gasteiger partial charge on any atom is 0.150 e. The summed E-state index contributed by atoms with van der Waals surface area (Å²) in [5.41, 5.74) is 6.93. The first-order valence-corrected chi connectivity index (χ1v) is 8.60. The lowest BCUT2D eigenvalue weighted by Crippen LogP contribution is -2.21. The Bertz CT molecular complexity index is 517. The van der Waals surface area contributed by atoms with Crippen molar-refractivity contribution >= 4 is 21.4 Å². The molecule has 1 rings (SSSR count). The van der Waals surface area contributed by atoms with Crippen LogP contribution in [0, 0.1) is 0 Å². The van der Waals surface area contributed by atoms with Crippen LogP contribution in [0.1, 0.15) is 18.9 Å². The largest absolute Gasteiger partial charge is 0.491 e. The molecule has 4 nitrogen and oxygen atoms in total. The first-order chi connectivity index (χ1) is 8.81. The second kappa shape index (κ2) is 7.12. The maximum absolute atomic E-state index is 11.0. The van der Waals surface area contributed by atoms with Crippen molar-refractivity contribution < 1.29 is 13.2 Å². The van der Waals surface area contributed by atoms with Crippen molar-refractivity contribution in [1.82, 2.24) is 0 Å². The number of rotatable bonds is 7. The number of sulfone groups is 1. The highest BCUT2D eigenvalue weighted by atomic mass is 35.5. The molecule has 0 aliphatic carbocycles. The van der Waals surface area contributed by atoms with Crippen LogP contribution < -0.4 is 10.5 Å². The van der Waals surface area contributed by atoms with E-state index in [0.29, 0.717) is 10.8 Å². The van der Waals surface area contributed by atoms with Crippen molar-refractivity contribution in [2.75, 3.05) is 18.6 Å². The molecule has 0 aliphatic rings. The lowest BCUT2D eigenvalue weighted by Gasteiger charge is -2.11. The fourth-order valence-corrected chi connectivity index (χ4v) is 2.18. The number of halogens is 1. The van der Waals surface area contributed by atoms with Crippen molar-refractivity contribution in [3.63, 3.8) is 0 Å². The van der Waals surface area contributed by atoms with Crippen LogP contribution in [-0.4, -0.2) is 33.1 Å². The van der Waals surface area contributed by atoms with Crippen LogP contribution in [0.15, 0.2) is 18.2 Å². The number of hydrogen-bond acceptors (Lipinski definition) is 4. The van der Waals surface area contributed by atoms with Gasteiger partial charge >= 0.3 is 0 Å². The van der Waals surface area contributed by atoms with Gasteiger partial charge in [-0.3, -0.25) is 0 Å². The van der Waals surface area contributed by atoms with Crippen LogP contribution in [0.4, 0.5) is 0 Å². The Morgan fingerprint density at radius 1 is 1.42 bits per heavy atom. The van der Waals surface area contributed by atoms with Crippen LogP contribution >= 0.6 is 11.6 Å². The van der Waals surface area contributed by atoms with Gasteiger partial charge < -0.3 is 10.5 Å². The molecule has 0 aromatic heterocycles. The standard InChI is InChI=1S/C13H20ClNO3S/c1-3-11(15)8-10-4-5-13(12(14)9-10)18-6-7-19(2,16)17/h4-5,9,11H,3,6-8,15H2,1-2H3. The molecule has 0 spiro atoms. The SMILES string of the molecule is CCC(N)Cc1ccc(OCCS(C)(=O)=O)c(Cl)c1. The van der Waals surface area contributed by atoms with Crippen LogP contribution in [0.2, 0.25) is 5.02 Å². The minimum atomic E-state index is -3.02. The highest BCUT2D eigenvalue weighted by Crippen LogP contribution is 2.26. The van der Waals surface area contributed by atoms with Crippen LogP contribution in [0.25, 0.3) is 0 Å². The van der Waals surface area contributed by atoms with E-state index in [-0.39, 0.29) is 18.4 Å². The Hall–Kier alpha value is -0.780. The van der Waals surface area contributed by atoms with E-state index in [2.05, 4.69) is 0 Å². The van der Waals surface area contributed by atoms with Crippen LogP contribution in [0.5, 0.6) is 5.75 Å². The van der Waals surface area contributed by atoms with Gasteiger partial charge in [-0.15, -0.1) is 0 Å². The average Bonchev–Trinajstić information content (AvgIpc) is 2.30. The van der Waals surface area contributed by atoms with Crippen LogP contribution in [0.3, 0.4) is 0 Å². The first-order valence-electron chi connectivity index (χ1n) is 6.16. The third-order valence-corrected chi connectivity index (χ3v) is 3.93. The van der Waals surface area contributed by atoms with Gasteiger partial charge in [-0.05, 0) is 30.5 Å². The molecule has 6 heteroatoms. The fourth-order valence-electron chi connectivity index (χ4n) is 1.54. The molecule has 0 heterocycles. The number of nitrogens with two attached hydrogens (primary N) is 1. The Morgan fingerprint density at radius 3 is 2.63 bits per heavy atom. The average molecular weight is 306 g/mol. The monoisotopic (exact) mass is 305 g/mol. The predicted molar refractivity (Wildman–Crippen MR) is 78.6 cm³/mol. The van der Waals surface area contributed by atoms with Gasteiger partial charge in [0.05, 0.1) is 10.8 Å². The molecule has 19 heavy (non-hydrogen) atoms. The second-order valence-electron chi connectivity index (χ2n) is 4.62. The molecule has 0 saturated heterocycles. The molecule has 1 aromatic rings. The zero-order valence-corrected chi connectivity index (χ0v) is 12.8. The lowest BCUT2D eigenvalue weighted by atomic mass is 10.0. The van der Waals surface area contributed by atoms with Gasteiger partial charge in [-0.25, -0.2) is 8.42 Å². The lowest BCUT2D eigenvalue weighted by molar-refractivity contribution is 0.341. The van der Waals surface area contributed by atoms with Crippen molar-refractivity contribution in [3.8, 4) is 5.75 Å². The van der Waals surface area contributed by atoms with Gasteiger partial charge in [0.1, 0.15) is 12.4 Å². The van der Waals surface area contributed by atoms with Gasteiger partial charge in [-0.1, -0.05) is 24.6 Å². The van der Waals surface area contributed by atoms with Gasteiger partial charge in [0.25, 0.3) is 0 Å². The minimum Gasteiger partial charge on any atom is -0.491 e. The second-order valence-corrected chi connectivity index (χ2v) is 7.28. The molecule has 108 valence electrons. The maximum atomic E-state index is 11.0. The quantitative estimate of drug-likeness (QED) is 0.837. The molecule has 0 amide bonds. The third kappa shape index (κ3) is 6.27. The summed E-state index contributed by atoms with van der Waals surface area (Å²) in [5, 5.41) is 0.481. The van der Waals surface area contributed by atoms with Crippen molar-refractivity contribution in [2.45, 2.75) is 25.8 Å². The van der Waals surface area contributed by atoms with E-state index in [1.807, 2.05) is 19.1 Å². The van der Waals surface area contributed by atoms with Gasteiger partial charge in [-0.2, -0.15) is 0 Å². The number of benzene rings is 1. The molecule has 1 unspecified atom stereocenters. The Kier molecular flexibility index (Phi) is 6.10. The summed E-state index contributed by atoms with van der Waals surface area (Å²) >= 11 is 6.09. The summed E-state index contributed by atoms with van der Waals surface area (Å²) in [5.74, 6) is 0.477. The predicted octanol–water partition coefficient (Wildman–Crippen LogP) is 2.04. The van der Waals surface area contributed by atoms with E-state index < -0.39 is 9.84 Å². The molecule has 0 saturated carbocycles. The van der Waals surface area contributed by atoms with E-state index in [0.717, 1.165) is 18.4 Å². The summed E-state index contributed by atoms with van der Waals surface area (Å²) in [4.78, 5) is 0. The van der Waals surface area contributed by atoms with Gasteiger partial charge in [0.15, 0.2) is 9.84 Å². The molecule has 0 aliphatic heterocycles. The van der Waals surface area contributed by atoms with Crippen molar-refractivity contribution in [3.05, 3.63) is 28.8 Å². The highest BCUT2D eigenvalue weighted by molar-refractivity contribution is 7.90. The molecular weight excluding hydrogens is 286 g/mol. The zero-order chi connectivity index (χ0) is 14.5. The van der Waals surface area contributed by atoms with E-state index in [4.69, 9.17) is 22.1 Å².